The van der Waals surface area contributed by atoms with Crippen molar-refractivity contribution in [2.45, 2.75) is 0 Å². The third-order valence-corrected chi connectivity index (χ3v) is 12.2. The van der Waals surface area contributed by atoms with Crippen molar-refractivity contribution >= 4 is 71.6 Å². The first-order valence-electron chi connectivity index (χ1n) is 20.8. The van der Waals surface area contributed by atoms with E-state index < -0.39 is 0 Å². The second kappa shape index (κ2) is 14.3. The maximum absolute atomic E-state index is 6.39. The fourth-order valence-corrected chi connectivity index (χ4v) is 9.32. The molecule has 0 aliphatic heterocycles. The smallest absolute Gasteiger partial charge is 0.136 e. The first-order valence-corrected chi connectivity index (χ1v) is 20.8. The Hall–Kier alpha value is -8.14. The molecular weight excluding hydrogens is 741 g/mol. The Labute approximate surface area is 353 Å². The van der Waals surface area contributed by atoms with E-state index in [4.69, 9.17) is 4.42 Å². The summed E-state index contributed by atoms with van der Waals surface area (Å²) in [6.45, 7) is 0. The zero-order valence-corrected chi connectivity index (χ0v) is 33.2. The summed E-state index contributed by atoms with van der Waals surface area (Å²) < 4.78 is 8.75. The number of anilines is 3. The number of aromatic nitrogens is 1. The van der Waals surface area contributed by atoms with Gasteiger partial charge < -0.3 is 13.9 Å². The second-order valence-electron chi connectivity index (χ2n) is 15.7. The molecule has 3 nitrogen and oxygen atoms in total. The lowest BCUT2D eigenvalue weighted by Crippen LogP contribution is -2.11. The number of benzene rings is 10. The van der Waals surface area contributed by atoms with Gasteiger partial charge in [-0.3, -0.25) is 0 Å². The van der Waals surface area contributed by atoms with Crippen molar-refractivity contribution in [2.24, 2.45) is 0 Å². The van der Waals surface area contributed by atoms with E-state index in [2.05, 4.69) is 234 Å². The van der Waals surface area contributed by atoms with E-state index >= 15 is 0 Å². The molecule has 286 valence electrons. The number of rotatable bonds is 7. The van der Waals surface area contributed by atoms with Crippen LogP contribution in [0.2, 0.25) is 0 Å². The summed E-state index contributed by atoms with van der Waals surface area (Å²) in [6.07, 6.45) is 0. The van der Waals surface area contributed by atoms with Crippen LogP contribution in [-0.4, -0.2) is 4.57 Å². The molecule has 0 N–H and O–H groups in total. The van der Waals surface area contributed by atoms with Gasteiger partial charge in [0, 0.05) is 44.2 Å². The summed E-state index contributed by atoms with van der Waals surface area (Å²) in [5, 5.41) is 7.23. The van der Waals surface area contributed by atoms with Gasteiger partial charge in [-0.25, -0.2) is 0 Å². The fourth-order valence-electron chi connectivity index (χ4n) is 9.32. The Balaban J connectivity index is 0.979. The molecule has 3 heteroatoms. The van der Waals surface area contributed by atoms with E-state index in [0.29, 0.717) is 0 Å². The van der Waals surface area contributed by atoms with Crippen molar-refractivity contribution in [3.63, 3.8) is 0 Å². The van der Waals surface area contributed by atoms with Crippen LogP contribution in [0.25, 0.3) is 93.6 Å². The number of fused-ring (bicyclic) bond motifs is 7. The van der Waals surface area contributed by atoms with E-state index in [1.165, 1.54) is 43.7 Å². The van der Waals surface area contributed by atoms with Gasteiger partial charge in [0.05, 0.1) is 16.7 Å². The molecule has 0 aliphatic carbocycles. The fraction of sp³-hybridized carbons (Fsp3) is 0. The van der Waals surface area contributed by atoms with Crippen molar-refractivity contribution in [3.05, 3.63) is 231 Å². The topological polar surface area (TPSA) is 21.3 Å². The molecule has 0 unspecified atom stereocenters. The molecule has 0 atom stereocenters. The molecule has 0 saturated carbocycles. The molecule has 0 aliphatic rings. The van der Waals surface area contributed by atoms with Gasteiger partial charge in [0.15, 0.2) is 0 Å². The maximum Gasteiger partial charge on any atom is 0.136 e. The number of hydrogen-bond donors (Lipinski definition) is 0. The van der Waals surface area contributed by atoms with E-state index in [1.807, 2.05) is 6.07 Å². The van der Waals surface area contributed by atoms with Crippen LogP contribution in [0, 0.1) is 0 Å². The highest BCUT2D eigenvalue weighted by molar-refractivity contribution is 6.14. The molecule has 2 aromatic heterocycles. The first-order chi connectivity index (χ1) is 30.2. The molecule has 0 amide bonds. The van der Waals surface area contributed by atoms with Gasteiger partial charge in [-0.1, -0.05) is 158 Å². The zero-order valence-electron chi connectivity index (χ0n) is 33.2. The normalized spacial score (nSPS) is 11.6. The SMILES string of the molecule is c1cc(-c2ccc3ccccc3c2)cc(N(c2ccc(-c3ccc(-n4c5ccccc5c5ccccc54)cc3)cc2)c2ccccc2-c2cccc3oc4ccccc4c23)c1. The van der Waals surface area contributed by atoms with Gasteiger partial charge in [0.1, 0.15) is 11.2 Å². The molecule has 0 fully saturated rings. The number of nitrogens with zero attached hydrogens (tertiary/aromatic N) is 2. The molecule has 10 aromatic carbocycles. The molecule has 61 heavy (non-hydrogen) atoms. The van der Waals surface area contributed by atoms with Crippen LogP contribution < -0.4 is 4.90 Å². The molecule has 0 bridgehead atoms. The monoisotopic (exact) mass is 778 g/mol. The molecule has 2 heterocycles. The quantitative estimate of drug-likeness (QED) is 0.161. The molecular formula is C58H38N2O. The van der Waals surface area contributed by atoms with Crippen molar-refractivity contribution < 1.29 is 4.42 Å². The van der Waals surface area contributed by atoms with Crippen LogP contribution in [0.1, 0.15) is 0 Å². The van der Waals surface area contributed by atoms with E-state index in [-0.39, 0.29) is 0 Å². The number of hydrogen-bond acceptors (Lipinski definition) is 2. The Bertz CT molecular complexity index is 3540. The van der Waals surface area contributed by atoms with Crippen LogP contribution in [0.5, 0.6) is 0 Å². The molecule has 12 aromatic rings. The lowest BCUT2D eigenvalue weighted by molar-refractivity contribution is 0.669. The van der Waals surface area contributed by atoms with E-state index in [9.17, 15) is 0 Å². The third kappa shape index (κ3) is 5.90. The van der Waals surface area contributed by atoms with Gasteiger partial charge in [0.25, 0.3) is 0 Å². The predicted octanol–water partition coefficient (Wildman–Crippen LogP) is 16.3. The van der Waals surface area contributed by atoms with Crippen LogP contribution >= 0.6 is 0 Å². The number of para-hydroxylation sites is 4. The maximum atomic E-state index is 6.39. The number of furan rings is 1. The zero-order chi connectivity index (χ0) is 40.3. The van der Waals surface area contributed by atoms with Gasteiger partial charge in [-0.05, 0) is 111 Å². The van der Waals surface area contributed by atoms with Crippen LogP contribution in [-0.2, 0) is 0 Å². The lowest BCUT2D eigenvalue weighted by atomic mass is 9.96. The lowest BCUT2D eigenvalue weighted by Gasteiger charge is -2.28. The summed E-state index contributed by atoms with van der Waals surface area (Å²) in [5.74, 6) is 0. The standard InChI is InChI=1S/C58H38N2O/c1-2-14-42-37-44(28-27-39(42)13-1)43-15-11-16-47(38-43)59(53-22-7-5-19-50(53)51-21-12-26-57-58(51)52-20-6-10-25-56(52)61-57)45-33-29-40(30-34-45)41-31-35-46(36-32-41)60-54-23-8-3-17-48(54)49-18-4-9-24-55(49)60/h1-38H. The van der Waals surface area contributed by atoms with Crippen LogP contribution in [0.15, 0.2) is 235 Å². The highest BCUT2D eigenvalue weighted by Crippen LogP contribution is 2.45. The molecule has 0 spiro atoms. The summed E-state index contributed by atoms with van der Waals surface area (Å²) in [5.41, 5.74) is 15.5. The largest absolute Gasteiger partial charge is 0.456 e. The van der Waals surface area contributed by atoms with Crippen molar-refractivity contribution in [2.75, 3.05) is 4.90 Å². The predicted molar refractivity (Wildman–Crippen MR) is 257 cm³/mol. The van der Waals surface area contributed by atoms with Gasteiger partial charge in [-0.2, -0.15) is 0 Å². The van der Waals surface area contributed by atoms with E-state index in [1.54, 1.807) is 0 Å². The van der Waals surface area contributed by atoms with Gasteiger partial charge >= 0.3 is 0 Å². The van der Waals surface area contributed by atoms with Crippen LogP contribution in [0.4, 0.5) is 17.1 Å². The Morgan fingerprint density at radius 2 is 0.918 bits per heavy atom. The summed E-state index contributed by atoms with van der Waals surface area (Å²) in [4.78, 5) is 2.40. The second-order valence-corrected chi connectivity index (χ2v) is 15.7. The van der Waals surface area contributed by atoms with Crippen molar-refractivity contribution in [1.29, 1.82) is 0 Å². The minimum Gasteiger partial charge on any atom is -0.456 e. The summed E-state index contributed by atoms with van der Waals surface area (Å²) in [7, 11) is 0. The molecule has 0 saturated heterocycles. The minimum absolute atomic E-state index is 0.881. The minimum atomic E-state index is 0.881. The van der Waals surface area contributed by atoms with Crippen molar-refractivity contribution in [1.82, 2.24) is 4.57 Å². The first kappa shape index (κ1) is 34.9. The van der Waals surface area contributed by atoms with Gasteiger partial charge in [-0.15, -0.1) is 0 Å². The highest BCUT2D eigenvalue weighted by Gasteiger charge is 2.21. The third-order valence-electron chi connectivity index (χ3n) is 12.2. The summed E-state index contributed by atoms with van der Waals surface area (Å²) >= 11 is 0. The van der Waals surface area contributed by atoms with Crippen LogP contribution in [0.3, 0.4) is 0 Å². The van der Waals surface area contributed by atoms with Gasteiger partial charge in [0.2, 0.25) is 0 Å². The molecule has 0 radical (unpaired) electrons. The average Bonchev–Trinajstić information content (AvgIpc) is 3.88. The molecule has 12 rings (SSSR count). The van der Waals surface area contributed by atoms with E-state index in [0.717, 1.165) is 66.9 Å². The Morgan fingerprint density at radius 3 is 1.70 bits per heavy atom. The Morgan fingerprint density at radius 1 is 0.344 bits per heavy atom. The average molecular weight is 779 g/mol. The Kier molecular flexibility index (Phi) is 8.17. The van der Waals surface area contributed by atoms with Crippen molar-refractivity contribution in [3.8, 4) is 39.1 Å². The highest BCUT2D eigenvalue weighted by atomic mass is 16.3. The summed E-state index contributed by atoms with van der Waals surface area (Å²) in [6, 6.07) is 83.0.